The summed E-state index contributed by atoms with van der Waals surface area (Å²) in [5.74, 6) is 1.78. The lowest BCUT2D eigenvalue weighted by Gasteiger charge is -2.31. The van der Waals surface area contributed by atoms with Gasteiger partial charge in [0.1, 0.15) is 0 Å². The Kier molecular flexibility index (Phi) is 7.46. The molecule has 1 aromatic rings. The Labute approximate surface area is 143 Å². The Morgan fingerprint density at radius 2 is 1.91 bits per heavy atom. The number of carbonyl (C=O) groups excluding carboxylic acids is 2. The number of carbonyl (C=O) groups is 2. The zero-order valence-electron chi connectivity index (χ0n) is 13.8. The van der Waals surface area contributed by atoms with Crippen molar-refractivity contribution in [3.8, 4) is 0 Å². The van der Waals surface area contributed by atoms with E-state index in [1.165, 1.54) is 5.56 Å². The van der Waals surface area contributed by atoms with Gasteiger partial charge in [0.05, 0.1) is 5.75 Å². The Morgan fingerprint density at radius 3 is 2.57 bits per heavy atom. The van der Waals surface area contributed by atoms with Crippen molar-refractivity contribution in [2.75, 3.05) is 24.6 Å². The number of amides is 2. The van der Waals surface area contributed by atoms with E-state index < -0.39 is 0 Å². The van der Waals surface area contributed by atoms with Crippen LogP contribution in [0.5, 0.6) is 0 Å². The Hall–Kier alpha value is -1.49. The molecule has 1 saturated heterocycles. The fourth-order valence-electron chi connectivity index (χ4n) is 2.80. The molecule has 1 aromatic carbocycles. The summed E-state index contributed by atoms with van der Waals surface area (Å²) in [6.45, 7) is 3.11. The quantitative estimate of drug-likeness (QED) is 0.780. The lowest BCUT2D eigenvalue weighted by atomic mass is 10.1. The van der Waals surface area contributed by atoms with Gasteiger partial charge in [-0.05, 0) is 37.0 Å². The van der Waals surface area contributed by atoms with E-state index in [1.54, 1.807) is 18.7 Å². The SMILES string of the molecule is CC(=O)N1CCC(NC(=O)CSCCCc2ccccc2)CC1. The van der Waals surface area contributed by atoms with Crippen molar-refractivity contribution in [2.45, 2.75) is 38.6 Å². The maximum atomic E-state index is 11.9. The van der Waals surface area contributed by atoms with Gasteiger partial charge in [-0.1, -0.05) is 30.3 Å². The summed E-state index contributed by atoms with van der Waals surface area (Å²) in [6.07, 6.45) is 3.89. The van der Waals surface area contributed by atoms with Crippen LogP contribution in [0.15, 0.2) is 30.3 Å². The highest BCUT2D eigenvalue weighted by Gasteiger charge is 2.21. The van der Waals surface area contributed by atoms with Gasteiger partial charge < -0.3 is 10.2 Å². The predicted octanol–water partition coefficient (Wildman–Crippen LogP) is 2.48. The fraction of sp³-hybridized carbons (Fsp3) is 0.556. The number of likely N-dealkylation sites (tertiary alicyclic amines) is 1. The first-order valence-corrected chi connectivity index (χ1v) is 9.47. The first-order valence-electron chi connectivity index (χ1n) is 8.31. The van der Waals surface area contributed by atoms with Crippen molar-refractivity contribution in [3.63, 3.8) is 0 Å². The van der Waals surface area contributed by atoms with Crippen molar-refractivity contribution in [2.24, 2.45) is 0 Å². The van der Waals surface area contributed by atoms with Gasteiger partial charge in [0.2, 0.25) is 11.8 Å². The van der Waals surface area contributed by atoms with Crippen LogP contribution in [0.25, 0.3) is 0 Å². The zero-order valence-corrected chi connectivity index (χ0v) is 14.6. The Morgan fingerprint density at radius 1 is 1.22 bits per heavy atom. The van der Waals surface area contributed by atoms with Crippen LogP contribution in [0, 0.1) is 0 Å². The smallest absolute Gasteiger partial charge is 0.230 e. The predicted molar refractivity (Wildman–Crippen MR) is 95.5 cm³/mol. The standard InChI is InChI=1S/C18H26N2O2S/c1-15(21)20-11-9-17(10-12-20)19-18(22)14-23-13-5-8-16-6-3-2-4-7-16/h2-4,6-7,17H,5,8-14H2,1H3,(H,19,22). The number of benzene rings is 1. The van der Waals surface area contributed by atoms with E-state index in [2.05, 4.69) is 29.6 Å². The third-order valence-corrected chi connectivity index (χ3v) is 5.18. The third kappa shape index (κ3) is 6.65. The maximum absolute atomic E-state index is 11.9. The van der Waals surface area contributed by atoms with Crippen LogP contribution >= 0.6 is 11.8 Å². The first-order chi connectivity index (χ1) is 11.1. The molecule has 1 aliphatic rings. The van der Waals surface area contributed by atoms with Crippen LogP contribution in [0.4, 0.5) is 0 Å². The van der Waals surface area contributed by atoms with E-state index in [1.807, 2.05) is 11.0 Å². The molecule has 2 rings (SSSR count). The number of thioether (sulfide) groups is 1. The van der Waals surface area contributed by atoms with Crippen LogP contribution in [-0.2, 0) is 16.0 Å². The summed E-state index contributed by atoms with van der Waals surface area (Å²) in [5, 5.41) is 3.09. The summed E-state index contributed by atoms with van der Waals surface area (Å²) in [7, 11) is 0. The Balaban J connectivity index is 1.53. The highest BCUT2D eigenvalue weighted by atomic mass is 32.2. The molecular weight excluding hydrogens is 308 g/mol. The summed E-state index contributed by atoms with van der Waals surface area (Å²) in [5.41, 5.74) is 1.36. The topological polar surface area (TPSA) is 49.4 Å². The van der Waals surface area contributed by atoms with Gasteiger partial charge >= 0.3 is 0 Å². The normalized spacial score (nSPS) is 15.4. The minimum Gasteiger partial charge on any atom is -0.353 e. The van der Waals surface area contributed by atoms with Crippen molar-refractivity contribution < 1.29 is 9.59 Å². The third-order valence-electron chi connectivity index (χ3n) is 4.14. The zero-order chi connectivity index (χ0) is 16.5. The number of nitrogens with one attached hydrogen (secondary N) is 1. The molecule has 0 atom stereocenters. The fourth-order valence-corrected chi connectivity index (χ4v) is 3.56. The summed E-state index contributed by atoms with van der Waals surface area (Å²) in [4.78, 5) is 25.1. The van der Waals surface area contributed by atoms with E-state index in [0.717, 1.165) is 44.5 Å². The average molecular weight is 334 g/mol. The van der Waals surface area contributed by atoms with Gasteiger partial charge in [0.15, 0.2) is 0 Å². The molecule has 1 fully saturated rings. The number of aryl methyl sites for hydroxylation is 1. The van der Waals surface area contributed by atoms with E-state index in [4.69, 9.17) is 0 Å². The van der Waals surface area contributed by atoms with Crippen LogP contribution in [-0.4, -0.2) is 47.4 Å². The number of hydrogen-bond acceptors (Lipinski definition) is 3. The van der Waals surface area contributed by atoms with E-state index in [9.17, 15) is 9.59 Å². The molecular formula is C18H26N2O2S. The number of piperidine rings is 1. The van der Waals surface area contributed by atoms with Gasteiger partial charge in [-0.2, -0.15) is 11.8 Å². The number of hydrogen-bond donors (Lipinski definition) is 1. The van der Waals surface area contributed by atoms with Crippen LogP contribution < -0.4 is 5.32 Å². The highest BCUT2D eigenvalue weighted by molar-refractivity contribution is 7.99. The second kappa shape index (κ2) is 9.60. The van der Waals surface area contributed by atoms with E-state index in [-0.39, 0.29) is 17.9 Å². The van der Waals surface area contributed by atoms with Gasteiger partial charge in [-0.15, -0.1) is 0 Å². The minimum absolute atomic E-state index is 0.121. The largest absolute Gasteiger partial charge is 0.353 e. The van der Waals surface area contributed by atoms with Crippen LogP contribution in [0.3, 0.4) is 0 Å². The molecule has 4 nitrogen and oxygen atoms in total. The average Bonchev–Trinajstić information content (AvgIpc) is 2.56. The summed E-state index contributed by atoms with van der Waals surface area (Å²) < 4.78 is 0. The minimum atomic E-state index is 0.121. The molecule has 0 spiro atoms. The lowest BCUT2D eigenvalue weighted by Crippen LogP contribution is -2.46. The molecule has 1 N–H and O–H groups in total. The van der Waals surface area contributed by atoms with Gasteiger partial charge in [0.25, 0.3) is 0 Å². The van der Waals surface area contributed by atoms with Crippen molar-refractivity contribution in [1.82, 2.24) is 10.2 Å². The van der Waals surface area contributed by atoms with Crippen LogP contribution in [0.1, 0.15) is 31.7 Å². The van der Waals surface area contributed by atoms with Crippen molar-refractivity contribution >= 4 is 23.6 Å². The molecule has 126 valence electrons. The second-order valence-corrected chi connectivity index (χ2v) is 7.09. The molecule has 0 bridgehead atoms. The first kappa shape index (κ1) is 17.9. The molecule has 0 aliphatic carbocycles. The molecule has 2 amide bonds. The monoisotopic (exact) mass is 334 g/mol. The molecule has 0 radical (unpaired) electrons. The molecule has 0 unspecified atom stereocenters. The Bertz CT molecular complexity index is 499. The molecule has 1 aliphatic heterocycles. The van der Waals surface area contributed by atoms with Gasteiger partial charge in [-0.3, -0.25) is 9.59 Å². The molecule has 0 saturated carbocycles. The highest BCUT2D eigenvalue weighted by Crippen LogP contribution is 2.12. The molecule has 5 heteroatoms. The molecule has 1 heterocycles. The summed E-state index contributed by atoms with van der Waals surface area (Å²) in [6, 6.07) is 10.7. The molecule has 23 heavy (non-hydrogen) atoms. The second-order valence-electron chi connectivity index (χ2n) is 5.99. The summed E-state index contributed by atoms with van der Waals surface area (Å²) >= 11 is 1.70. The van der Waals surface area contributed by atoms with Gasteiger partial charge in [0, 0.05) is 26.1 Å². The number of rotatable bonds is 7. The maximum Gasteiger partial charge on any atom is 0.230 e. The van der Waals surface area contributed by atoms with E-state index >= 15 is 0 Å². The molecule has 0 aromatic heterocycles. The lowest BCUT2D eigenvalue weighted by molar-refractivity contribution is -0.130. The van der Waals surface area contributed by atoms with Crippen LogP contribution in [0.2, 0.25) is 0 Å². The van der Waals surface area contributed by atoms with Crippen molar-refractivity contribution in [3.05, 3.63) is 35.9 Å². The van der Waals surface area contributed by atoms with E-state index in [0.29, 0.717) is 5.75 Å². The number of nitrogens with zero attached hydrogens (tertiary/aromatic N) is 1. The van der Waals surface area contributed by atoms with Gasteiger partial charge in [-0.25, -0.2) is 0 Å². The van der Waals surface area contributed by atoms with Crippen molar-refractivity contribution in [1.29, 1.82) is 0 Å².